The molecule has 1 heterocycles. The zero-order chi connectivity index (χ0) is 12.1. The summed E-state index contributed by atoms with van der Waals surface area (Å²) in [6.45, 7) is 3.42. The number of phenols is 1. The number of rotatable bonds is 4. The number of alkyl halides is 1. The van der Waals surface area contributed by atoms with Gasteiger partial charge in [-0.05, 0) is 24.1 Å². The summed E-state index contributed by atoms with van der Waals surface area (Å²) in [5.41, 5.74) is 1.00. The van der Waals surface area contributed by atoms with Gasteiger partial charge in [-0.25, -0.2) is 0 Å². The van der Waals surface area contributed by atoms with Crippen LogP contribution in [0.3, 0.4) is 0 Å². The second-order valence-electron chi connectivity index (χ2n) is 4.37. The number of nitrogens with one attached hydrogen (secondary N) is 1. The maximum Gasteiger partial charge on any atom is 0.115 e. The molecule has 1 fully saturated rings. The van der Waals surface area contributed by atoms with Crippen molar-refractivity contribution in [2.45, 2.75) is 12.5 Å². The summed E-state index contributed by atoms with van der Waals surface area (Å²) in [5, 5.41) is 12.8. The number of hydrogen-bond donors (Lipinski definition) is 2. The molecule has 2 rings (SSSR count). The second kappa shape index (κ2) is 5.98. The van der Waals surface area contributed by atoms with Crippen LogP contribution in [0.15, 0.2) is 24.3 Å². The van der Waals surface area contributed by atoms with Gasteiger partial charge in [0.1, 0.15) is 5.75 Å². The van der Waals surface area contributed by atoms with Crippen LogP contribution < -0.4 is 5.32 Å². The van der Waals surface area contributed by atoms with Crippen molar-refractivity contribution in [3.8, 4) is 5.75 Å². The third kappa shape index (κ3) is 3.17. The van der Waals surface area contributed by atoms with Crippen molar-refractivity contribution in [3.05, 3.63) is 29.8 Å². The normalized spacial score (nSPS) is 19.1. The summed E-state index contributed by atoms with van der Waals surface area (Å²) in [4.78, 5) is 2.28. The van der Waals surface area contributed by atoms with E-state index in [0.29, 0.717) is 6.42 Å². The molecule has 0 saturated carbocycles. The van der Waals surface area contributed by atoms with E-state index in [1.54, 1.807) is 12.1 Å². The van der Waals surface area contributed by atoms with Crippen molar-refractivity contribution in [1.29, 1.82) is 0 Å². The highest BCUT2D eigenvalue weighted by Gasteiger charge is 2.21. The van der Waals surface area contributed by atoms with E-state index >= 15 is 0 Å². The van der Waals surface area contributed by atoms with Crippen LogP contribution in [0, 0.1) is 0 Å². The molecule has 1 atom stereocenters. The molecular formula is C13H19FN2O. The van der Waals surface area contributed by atoms with Crippen LogP contribution in [0.1, 0.15) is 18.0 Å². The van der Waals surface area contributed by atoms with E-state index in [4.69, 9.17) is 0 Å². The van der Waals surface area contributed by atoms with Crippen LogP contribution in [0.2, 0.25) is 0 Å². The topological polar surface area (TPSA) is 35.5 Å². The lowest BCUT2D eigenvalue weighted by Gasteiger charge is -2.34. The minimum atomic E-state index is -0.329. The fourth-order valence-electron chi connectivity index (χ4n) is 2.39. The van der Waals surface area contributed by atoms with Crippen LogP contribution >= 0.6 is 0 Å². The first-order valence-electron chi connectivity index (χ1n) is 6.11. The fraction of sp³-hybridized carbons (Fsp3) is 0.538. The molecule has 0 radical (unpaired) electrons. The molecule has 94 valence electrons. The Morgan fingerprint density at radius 2 is 2.12 bits per heavy atom. The van der Waals surface area contributed by atoms with Crippen molar-refractivity contribution >= 4 is 0 Å². The Labute approximate surface area is 101 Å². The molecule has 1 saturated heterocycles. The number of halogens is 1. The fourth-order valence-corrected chi connectivity index (χ4v) is 2.39. The first kappa shape index (κ1) is 12.3. The Balaban J connectivity index is 2.15. The number of phenolic OH excluding ortho intramolecular Hbond substituents is 1. The van der Waals surface area contributed by atoms with Crippen molar-refractivity contribution < 1.29 is 9.50 Å². The molecular weight excluding hydrogens is 219 g/mol. The van der Waals surface area contributed by atoms with E-state index in [2.05, 4.69) is 10.2 Å². The minimum absolute atomic E-state index is 0.0780. The highest BCUT2D eigenvalue weighted by atomic mass is 19.1. The van der Waals surface area contributed by atoms with E-state index in [9.17, 15) is 9.50 Å². The summed E-state index contributed by atoms with van der Waals surface area (Å²) >= 11 is 0. The molecule has 17 heavy (non-hydrogen) atoms. The van der Waals surface area contributed by atoms with Crippen LogP contribution in [0.4, 0.5) is 4.39 Å². The molecule has 4 heteroatoms. The summed E-state index contributed by atoms with van der Waals surface area (Å²) < 4.78 is 12.7. The van der Waals surface area contributed by atoms with Crippen molar-refractivity contribution in [3.63, 3.8) is 0 Å². The third-order valence-electron chi connectivity index (χ3n) is 3.23. The first-order chi connectivity index (χ1) is 8.31. The van der Waals surface area contributed by atoms with E-state index in [1.165, 1.54) is 0 Å². The summed E-state index contributed by atoms with van der Waals surface area (Å²) in [7, 11) is 0. The van der Waals surface area contributed by atoms with E-state index in [1.807, 2.05) is 12.1 Å². The van der Waals surface area contributed by atoms with Crippen LogP contribution in [0.5, 0.6) is 5.75 Å². The Morgan fingerprint density at radius 3 is 2.76 bits per heavy atom. The average molecular weight is 238 g/mol. The van der Waals surface area contributed by atoms with Gasteiger partial charge in [-0.2, -0.15) is 0 Å². The van der Waals surface area contributed by atoms with Gasteiger partial charge in [-0.15, -0.1) is 0 Å². The first-order valence-corrected chi connectivity index (χ1v) is 6.11. The smallest absolute Gasteiger partial charge is 0.115 e. The van der Waals surface area contributed by atoms with E-state index in [0.717, 1.165) is 31.7 Å². The molecule has 0 spiro atoms. The van der Waals surface area contributed by atoms with E-state index < -0.39 is 0 Å². The monoisotopic (exact) mass is 238 g/mol. The van der Waals surface area contributed by atoms with Gasteiger partial charge in [0.2, 0.25) is 0 Å². The minimum Gasteiger partial charge on any atom is -0.508 e. The Hall–Kier alpha value is -1.13. The number of hydrogen-bond acceptors (Lipinski definition) is 3. The molecule has 0 bridgehead atoms. The zero-order valence-electron chi connectivity index (χ0n) is 9.90. The zero-order valence-corrected chi connectivity index (χ0v) is 9.90. The SMILES string of the molecule is Oc1cccc([C@@H](CCF)N2CCNCC2)c1. The lowest BCUT2D eigenvalue weighted by atomic mass is 10.0. The Kier molecular flexibility index (Phi) is 4.34. The van der Waals surface area contributed by atoms with Crippen LogP contribution in [-0.4, -0.2) is 42.9 Å². The molecule has 0 amide bonds. The predicted molar refractivity (Wildman–Crippen MR) is 65.9 cm³/mol. The summed E-state index contributed by atoms with van der Waals surface area (Å²) in [6, 6.07) is 7.24. The molecule has 0 unspecified atom stereocenters. The molecule has 2 N–H and O–H groups in total. The molecule has 1 aromatic rings. The summed E-state index contributed by atoms with van der Waals surface area (Å²) in [6.07, 6.45) is 0.490. The molecule has 3 nitrogen and oxygen atoms in total. The van der Waals surface area contributed by atoms with Crippen molar-refractivity contribution in [2.24, 2.45) is 0 Å². The maximum absolute atomic E-state index is 12.7. The van der Waals surface area contributed by atoms with Gasteiger partial charge in [-0.3, -0.25) is 9.29 Å². The quantitative estimate of drug-likeness (QED) is 0.838. The van der Waals surface area contributed by atoms with Gasteiger partial charge < -0.3 is 10.4 Å². The van der Waals surface area contributed by atoms with Gasteiger partial charge in [0.15, 0.2) is 0 Å². The van der Waals surface area contributed by atoms with Crippen LogP contribution in [-0.2, 0) is 0 Å². The average Bonchev–Trinajstić information content (AvgIpc) is 2.37. The molecule has 1 aromatic carbocycles. The molecule has 1 aliphatic heterocycles. The number of piperazine rings is 1. The van der Waals surface area contributed by atoms with Gasteiger partial charge in [-0.1, -0.05) is 12.1 Å². The van der Waals surface area contributed by atoms with Crippen LogP contribution in [0.25, 0.3) is 0 Å². The van der Waals surface area contributed by atoms with E-state index in [-0.39, 0.29) is 18.5 Å². The van der Waals surface area contributed by atoms with Gasteiger partial charge in [0.25, 0.3) is 0 Å². The Bertz CT molecular complexity index is 353. The van der Waals surface area contributed by atoms with Gasteiger partial charge in [0.05, 0.1) is 6.67 Å². The highest BCUT2D eigenvalue weighted by Crippen LogP contribution is 2.27. The highest BCUT2D eigenvalue weighted by molar-refractivity contribution is 5.29. The number of benzene rings is 1. The lowest BCUT2D eigenvalue weighted by molar-refractivity contribution is 0.157. The number of nitrogens with zero attached hydrogens (tertiary/aromatic N) is 1. The van der Waals surface area contributed by atoms with Gasteiger partial charge in [0, 0.05) is 32.2 Å². The Morgan fingerprint density at radius 1 is 1.35 bits per heavy atom. The standard InChI is InChI=1S/C13H19FN2O/c14-5-4-13(16-8-6-15-7-9-16)11-2-1-3-12(17)10-11/h1-3,10,13,15,17H,4-9H2/t13-/m1/s1. The summed E-state index contributed by atoms with van der Waals surface area (Å²) in [5.74, 6) is 0.251. The van der Waals surface area contributed by atoms with Crippen molar-refractivity contribution in [1.82, 2.24) is 10.2 Å². The third-order valence-corrected chi connectivity index (χ3v) is 3.23. The molecule has 0 aliphatic carbocycles. The van der Waals surface area contributed by atoms with Crippen molar-refractivity contribution in [2.75, 3.05) is 32.9 Å². The largest absolute Gasteiger partial charge is 0.508 e. The lowest BCUT2D eigenvalue weighted by Crippen LogP contribution is -2.45. The molecule has 1 aliphatic rings. The van der Waals surface area contributed by atoms with Gasteiger partial charge >= 0.3 is 0 Å². The molecule has 0 aromatic heterocycles. The number of aromatic hydroxyl groups is 1. The predicted octanol–water partition coefficient (Wildman–Crippen LogP) is 1.70. The maximum atomic E-state index is 12.7. The second-order valence-corrected chi connectivity index (χ2v) is 4.37.